The van der Waals surface area contributed by atoms with Crippen molar-refractivity contribution in [2.75, 3.05) is 13.1 Å². The summed E-state index contributed by atoms with van der Waals surface area (Å²) < 4.78 is 0. The van der Waals surface area contributed by atoms with Crippen molar-refractivity contribution >= 4 is 11.8 Å². The summed E-state index contributed by atoms with van der Waals surface area (Å²) in [6, 6.07) is 25.8. The Morgan fingerprint density at radius 3 is 2.20 bits per heavy atom. The van der Waals surface area contributed by atoms with Crippen LogP contribution < -0.4 is 5.32 Å². The molecule has 0 aromatic heterocycles. The number of carbonyl (C=O) groups excluding carboxylic acids is 2. The molecule has 1 saturated heterocycles. The minimum absolute atomic E-state index is 0.0290. The summed E-state index contributed by atoms with van der Waals surface area (Å²) in [5.41, 5.74) is 4.91. The summed E-state index contributed by atoms with van der Waals surface area (Å²) in [5, 5.41) is 2.97. The number of likely N-dealkylation sites (tertiary alicyclic amines) is 1. The van der Waals surface area contributed by atoms with Gasteiger partial charge in [0.1, 0.15) is 0 Å². The van der Waals surface area contributed by atoms with Crippen LogP contribution in [0.3, 0.4) is 0 Å². The minimum Gasteiger partial charge on any atom is -0.352 e. The number of amides is 2. The number of rotatable bonds is 6. The van der Waals surface area contributed by atoms with Crippen molar-refractivity contribution in [3.05, 3.63) is 95.6 Å². The van der Waals surface area contributed by atoms with E-state index in [1.54, 1.807) is 0 Å². The van der Waals surface area contributed by atoms with Gasteiger partial charge in [-0.25, -0.2) is 0 Å². The van der Waals surface area contributed by atoms with Crippen LogP contribution in [-0.4, -0.2) is 29.8 Å². The van der Waals surface area contributed by atoms with E-state index in [-0.39, 0.29) is 11.8 Å². The molecule has 4 heteroatoms. The Labute approximate surface area is 177 Å². The Morgan fingerprint density at radius 1 is 0.767 bits per heavy atom. The Bertz CT molecular complexity index is 1010. The number of benzene rings is 3. The maximum atomic E-state index is 12.5. The third-order valence-electron chi connectivity index (χ3n) is 5.48. The Morgan fingerprint density at radius 2 is 1.47 bits per heavy atom. The fourth-order valence-corrected chi connectivity index (χ4v) is 3.81. The van der Waals surface area contributed by atoms with Gasteiger partial charge >= 0.3 is 0 Å². The highest BCUT2D eigenvalue weighted by Gasteiger charge is 2.19. The second kappa shape index (κ2) is 9.40. The van der Waals surface area contributed by atoms with Gasteiger partial charge in [-0.2, -0.15) is 0 Å². The molecule has 1 N–H and O–H groups in total. The van der Waals surface area contributed by atoms with E-state index in [4.69, 9.17) is 0 Å². The van der Waals surface area contributed by atoms with Gasteiger partial charge in [-0.1, -0.05) is 66.7 Å². The third-order valence-corrected chi connectivity index (χ3v) is 5.48. The summed E-state index contributed by atoms with van der Waals surface area (Å²) in [6.45, 7) is 2.09. The highest BCUT2D eigenvalue weighted by molar-refractivity contribution is 5.94. The van der Waals surface area contributed by atoms with Gasteiger partial charge in [-0.3, -0.25) is 9.59 Å². The van der Waals surface area contributed by atoms with Crippen LogP contribution in [0.15, 0.2) is 78.9 Å². The lowest BCUT2D eigenvalue weighted by Crippen LogP contribution is -2.28. The predicted octanol–water partition coefficient (Wildman–Crippen LogP) is 4.45. The van der Waals surface area contributed by atoms with Crippen LogP contribution in [0.25, 0.3) is 11.1 Å². The lowest BCUT2D eigenvalue weighted by molar-refractivity contribution is -0.120. The van der Waals surface area contributed by atoms with Gasteiger partial charge in [0.2, 0.25) is 5.91 Å². The lowest BCUT2D eigenvalue weighted by atomic mass is 10.0. The maximum Gasteiger partial charge on any atom is 0.253 e. The number of carbonyl (C=O) groups is 2. The average Bonchev–Trinajstić information content (AvgIpc) is 3.33. The third kappa shape index (κ3) is 4.95. The van der Waals surface area contributed by atoms with Gasteiger partial charge in [-0.05, 0) is 47.2 Å². The summed E-state index contributed by atoms with van der Waals surface area (Å²) in [5.74, 6) is 0.0536. The summed E-state index contributed by atoms with van der Waals surface area (Å²) >= 11 is 0. The SMILES string of the molecule is O=C(Cc1ccc(-c2ccccc2)cc1)NCc1cccc(C(=O)N2CCCC2)c1. The number of hydrogen-bond acceptors (Lipinski definition) is 2. The standard InChI is InChI=1S/C26H26N2O2/c29-25(18-20-11-13-23(14-12-20)22-8-2-1-3-9-22)27-19-21-7-6-10-24(17-21)26(30)28-15-4-5-16-28/h1-3,6-14,17H,4-5,15-16,18-19H2,(H,27,29). The van der Waals surface area contributed by atoms with E-state index >= 15 is 0 Å². The van der Waals surface area contributed by atoms with Crippen LogP contribution in [0.5, 0.6) is 0 Å². The van der Waals surface area contributed by atoms with E-state index in [1.807, 2.05) is 71.6 Å². The second-order valence-electron chi connectivity index (χ2n) is 7.72. The van der Waals surface area contributed by atoms with E-state index in [2.05, 4.69) is 17.4 Å². The molecule has 3 aromatic rings. The van der Waals surface area contributed by atoms with E-state index in [1.165, 1.54) is 0 Å². The van der Waals surface area contributed by atoms with Gasteiger partial charge in [0.25, 0.3) is 5.91 Å². The lowest BCUT2D eigenvalue weighted by Gasteiger charge is -2.15. The molecular formula is C26H26N2O2. The predicted molar refractivity (Wildman–Crippen MR) is 119 cm³/mol. The van der Waals surface area contributed by atoms with Crippen molar-refractivity contribution in [2.24, 2.45) is 0 Å². The molecule has 0 saturated carbocycles. The molecule has 1 fully saturated rings. The molecule has 0 radical (unpaired) electrons. The van der Waals surface area contributed by atoms with Crippen molar-refractivity contribution < 1.29 is 9.59 Å². The number of nitrogens with one attached hydrogen (secondary N) is 1. The Kier molecular flexibility index (Phi) is 6.23. The molecule has 0 unspecified atom stereocenters. The normalized spacial score (nSPS) is 13.3. The molecule has 4 rings (SSSR count). The number of nitrogens with zero attached hydrogens (tertiary/aromatic N) is 1. The van der Waals surface area contributed by atoms with Crippen LogP contribution in [-0.2, 0) is 17.8 Å². The van der Waals surface area contributed by atoms with Gasteiger partial charge < -0.3 is 10.2 Å². The van der Waals surface area contributed by atoms with Crippen molar-refractivity contribution in [3.8, 4) is 11.1 Å². The van der Waals surface area contributed by atoms with E-state index in [0.29, 0.717) is 18.5 Å². The zero-order valence-electron chi connectivity index (χ0n) is 17.0. The summed E-state index contributed by atoms with van der Waals surface area (Å²) in [6.07, 6.45) is 2.49. The van der Waals surface area contributed by atoms with E-state index in [0.717, 1.165) is 48.2 Å². The summed E-state index contributed by atoms with van der Waals surface area (Å²) in [4.78, 5) is 26.8. The quantitative estimate of drug-likeness (QED) is 0.667. The molecule has 0 atom stereocenters. The fraction of sp³-hybridized carbons (Fsp3) is 0.231. The number of hydrogen-bond donors (Lipinski definition) is 1. The van der Waals surface area contributed by atoms with Crippen LogP contribution >= 0.6 is 0 Å². The van der Waals surface area contributed by atoms with Crippen LogP contribution in [0.2, 0.25) is 0 Å². The average molecular weight is 399 g/mol. The molecule has 2 amide bonds. The van der Waals surface area contributed by atoms with E-state index in [9.17, 15) is 9.59 Å². The minimum atomic E-state index is -0.0290. The first-order valence-electron chi connectivity index (χ1n) is 10.5. The molecular weight excluding hydrogens is 372 g/mol. The molecule has 1 heterocycles. The molecule has 0 spiro atoms. The van der Waals surface area contributed by atoms with E-state index < -0.39 is 0 Å². The smallest absolute Gasteiger partial charge is 0.253 e. The molecule has 152 valence electrons. The van der Waals surface area contributed by atoms with Gasteiger partial charge in [-0.15, -0.1) is 0 Å². The maximum absolute atomic E-state index is 12.5. The molecule has 0 bridgehead atoms. The van der Waals surface area contributed by atoms with Crippen molar-refractivity contribution in [1.82, 2.24) is 10.2 Å². The Hall–Kier alpha value is -3.40. The second-order valence-corrected chi connectivity index (χ2v) is 7.72. The van der Waals surface area contributed by atoms with Crippen molar-refractivity contribution in [1.29, 1.82) is 0 Å². The highest BCUT2D eigenvalue weighted by Crippen LogP contribution is 2.19. The molecule has 0 aliphatic carbocycles. The first-order valence-corrected chi connectivity index (χ1v) is 10.5. The van der Waals surface area contributed by atoms with Crippen LogP contribution in [0, 0.1) is 0 Å². The zero-order valence-corrected chi connectivity index (χ0v) is 17.0. The zero-order chi connectivity index (χ0) is 20.8. The fourth-order valence-electron chi connectivity index (χ4n) is 3.81. The Balaban J connectivity index is 1.31. The molecule has 30 heavy (non-hydrogen) atoms. The van der Waals surface area contributed by atoms with Crippen LogP contribution in [0.4, 0.5) is 0 Å². The van der Waals surface area contributed by atoms with Gasteiger partial charge in [0.05, 0.1) is 6.42 Å². The summed E-state index contributed by atoms with van der Waals surface area (Å²) in [7, 11) is 0. The highest BCUT2D eigenvalue weighted by atomic mass is 16.2. The topological polar surface area (TPSA) is 49.4 Å². The molecule has 3 aromatic carbocycles. The molecule has 1 aliphatic heterocycles. The van der Waals surface area contributed by atoms with Gasteiger partial charge in [0.15, 0.2) is 0 Å². The van der Waals surface area contributed by atoms with Crippen molar-refractivity contribution in [2.45, 2.75) is 25.8 Å². The van der Waals surface area contributed by atoms with Crippen LogP contribution in [0.1, 0.15) is 34.3 Å². The largest absolute Gasteiger partial charge is 0.352 e. The molecule has 1 aliphatic rings. The monoisotopic (exact) mass is 398 g/mol. The van der Waals surface area contributed by atoms with Crippen molar-refractivity contribution in [3.63, 3.8) is 0 Å². The molecule has 4 nitrogen and oxygen atoms in total. The first kappa shape index (κ1) is 19.9. The van der Waals surface area contributed by atoms with Gasteiger partial charge in [0, 0.05) is 25.2 Å². The first-order chi connectivity index (χ1) is 14.7.